The van der Waals surface area contributed by atoms with Crippen LogP contribution in [0.25, 0.3) is 0 Å². The van der Waals surface area contributed by atoms with E-state index in [4.69, 9.17) is 4.74 Å². The van der Waals surface area contributed by atoms with Gasteiger partial charge in [0.25, 0.3) is 0 Å². The molecule has 1 nitrogen and oxygen atoms in total. The van der Waals surface area contributed by atoms with E-state index in [1.165, 1.54) is 49.7 Å². The van der Waals surface area contributed by atoms with Gasteiger partial charge in [0.05, 0.1) is 6.61 Å². The third-order valence-corrected chi connectivity index (χ3v) is 4.91. The van der Waals surface area contributed by atoms with E-state index in [0.29, 0.717) is 0 Å². The molecule has 0 spiro atoms. The van der Waals surface area contributed by atoms with Gasteiger partial charge >= 0.3 is 0 Å². The monoisotopic (exact) mass is 300 g/mol. The Bertz CT molecular complexity index is 424. The van der Waals surface area contributed by atoms with Crippen LogP contribution in [-0.4, -0.2) is 6.61 Å². The summed E-state index contributed by atoms with van der Waals surface area (Å²) in [6.07, 6.45) is 13.6. The minimum atomic E-state index is 0.760. The Kier molecular flexibility index (Phi) is 7.73. The Morgan fingerprint density at radius 2 is 1.82 bits per heavy atom. The van der Waals surface area contributed by atoms with Gasteiger partial charge in [-0.25, -0.2) is 0 Å². The first-order chi connectivity index (χ1) is 10.8. The van der Waals surface area contributed by atoms with E-state index in [0.717, 1.165) is 31.5 Å². The third-order valence-electron chi connectivity index (χ3n) is 4.91. The largest absolute Gasteiger partial charge is 0.377 e. The van der Waals surface area contributed by atoms with Gasteiger partial charge in [-0.3, -0.25) is 0 Å². The molecular formula is C21H32O. The Balaban J connectivity index is 1.76. The summed E-state index contributed by atoms with van der Waals surface area (Å²) in [7, 11) is 0. The maximum atomic E-state index is 5.69. The second kappa shape index (κ2) is 9.84. The van der Waals surface area contributed by atoms with Crippen LogP contribution in [0.5, 0.6) is 0 Å². The van der Waals surface area contributed by atoms with Crippen LogP contribution in [0.3, 0.4) is 0 Å². The lowest BCUT2D eigenvalue weighted by atomic mass is 9.77. The van der Waals surface area contributed by atoms with Gasteiger partial charge in [-0.1, -0.05) is 49.8 Å². The average Bonchev–Trinajstić information content (AvgIpc) is 2.58. The summed E-state index contributed by atoms with van der Waals surface area (Å²) in [5.41, 5.74) is 2.84. The Morgan fingerprint density at radius 1 is 1.09 bits per heavy atom. The Morgan fingerprint density at radius 3 is 2.45 bits per heavy atom. The molecule has 122 valence electrons. The number of benzene rings is 1. The minimum absolute atomic E-state index is 0.760. The fourth-order valence-electron chi connectivity index (χ4n) is 3.38. The summed E-state index contributed by atoms with van der Waals surface area (Å²) in [5.74, 6) is 1.69. The van der Waals surface area contributed by atoms with E-state index in [9.17, 15) is 0 Å². The maximum Gasteiger partial charge on any atom is 0.0716 e. The van der Waals surface area contributed by atoms with Gasteiger partial charge < -0.3 is 4.74 Å². The molecule has 0 aliphatic heterocycles. The minimum Gasteiger partial charge on any atom is -0.377 e. The number of hydrogen-bond donors (Lipinski definition) is 0. The quantitative estimate of drug-likeness (QED) is 0.407. The first kappa shape index (κ1) is 17.3. The van der Waals surface area contributed by atoms with E-state index in [1.54, 1.807) is 0 Å². The molecule has 2 rings (SSSR count). The highest BCUT2D eigenvalue weighted by molar-refractivity contribution is 5.25. The summed E-state index contributed by atoms with van der Waals surface area (Å²) >= 11 is 0. The highest BCUT2D eigenvalue weighted by Crippen LogP contribution is 2.37. The van der Waals surface area contributed by atoms with Crippen LogP contribution in [0.15, 0.2) is 36.4 Å². The van der Waals surface area contributed by atoms with Gasteiger partial charge in [0.15, 0.2) is 0 Å². The SMILES string of the molecule is C/C=C/C[C@H]1CC[C@H](c2ccc(COCCCC)cc2)CC1. The molecule has 0 radical (unpaired) electrons. The van der Waals surface area contributed by atoms with Crippen molar-refractivity contribution in [3.63, 3.8) is 0 Å². The molecule has 0 unspecified atom stereocenters. The number of hydrogen-bond acceptors (Lipinski definition) is 1. The van der Waals surface area contributed by atoms with Crippen molar-refractivity contribution in [3.8, 4) is 0 Å². The molecule has 1 saturated carbocycles. The lowest BCUT2D eigenvalue weighted by Gasteiger charge is -2.28. The molecule has 1 aromatic rings. The van der Waals surface area contributed by atoms with Gasteiger partial charge in [-0.05, 0) is 68.4 Å². The maximum absolute atomic E-state index is 5.69. The molecule has 1 aliphatic rings. The predicted octanol–water partition coefficient (Wildman–Crippen LogP) is 6.24. The molecule has 1 fully saturated rings. The molecule has 1 aliphatic carbocycles. The lowest BCUT2D eigenvalue weighted by Crippen LogP contribution is -2.12. The standard InChI is InChI=1S/C21H32O/c1-3-5-7-18-8-12-20(13-9-18)21-14-10-19(11-15-21)17-22-16-6-4-2/h3,5,10-11,14-15,18,20H,4,6-9,12-13,16-17H2,1-2H3/b5-3+/t18-,20-. The van der Waals surface area contributed by atoms with Crippen molar-refractivity contribution in [2.45, 2.75) is 71.3 Å². The van der Waals surface area contributed by atoms with Crippen molar-refractivity contribution in [2.24, 2.45) is 5.92 Å². The van der Waals surface area contributed by atoms with Crippen LogP contribution in [-0.2, 0) is 11.3 Å². The van der Waals surface area contributed by atoms with Crippen molar-refractivity contribution in [3.05, 3.63) is 47.5 Å². The van der Waals surface area contributed by atoms with Crippen LogP contribution in [0, 0.1) is 5.92 Å². The number of ether oxygens (including phenoxy) is 1. The molecule has 0 saturated heterocycles. The summed E-state index contributed by atoms with van der Waals surface area (Å²) in [6.45, 7) is 5.97. The van der Waals surface area contributed by atoms with Gasteiger partial charge in [0.1, 0.15) is 0 Å². The third kappa shape index (κ3) is 5.61. The normalized spacial score (nSPS) is 22.3. The zero-order chi connectivity index (χ0) is 15.6. The number of allylic oxidation sites excluding steroid dienone is 2. The molecule has 0 N–H and O–H groups in total. The summed E-state index contributed by atoms with van der Waals surface area (Å²) < 4.78 is 5.69. The fraction of sp³-hybridized carbons (Fsp3) is 0.619. The number of rotatable bonds is 8. The molecule has 0 aromatic heterocycles. The second-order valence-electron chi connectivity index (χ2n) is 6.67. The molecular weight excluding hydrogens is 268 g/mol. The van der Waals surface area contributed by atoms with E-state index in [2.05, 4.69) is 50.3 Å². The van der Waals surface area contributed by atoms with E-state index in [-0.39, 0.29) is 0 Å². The van der Waals surface area contributed by atoms with Crippen molar-refractivity contribution in [1.29, 1.82) is 0 Å². The van der Waals surface area contributed by atoms with E-state index in [1.807, 2.05) is 0 Å². The molecule has 0 atom stereocenters. The van der Waals surface area contributed by atoms with Crippen LogP contribution in [0.4, 0.5) is 0 Å². The van der Waals surface area contributed by atoms with Crippen molar-refractivity contribution in [1.82, 2.24) is 0 Å². The smallest absolute Gasteiger partial charge is 0.0716 e. The summed E-state index contributed by atoms with van der Waals surface area (Å²) in [5, 5.41) is 0. The predicted molar refractivity (Wildman–Crippen MR) is 95.1 cm³/mol. The first-order valence-electron chi connectivity index (χ1n) is 9.11. The van der Waals surface area contributed by atoms with Gasteiger partial charge in [-0.15, -0.1) is 0 Å². The van der Waals surface area contributed by atoms with Crippen LogP contribution in [0.2, 0.25) is 0 Å². The van der Waals surface area contributed by atoms with Crippen molar-refractivity contribution < 1.29 is 4.74 Å². The highest BCUT2D eigenvalue weighted by atomic mass is 16.5. The Labute approximate surface area is 136 Å². The van der Waals surface area contributed by atoms with Crippen LogP contribution in [0.1, 0.15) is 75.8 Å². The molecule has 1 aromatic carbocycles. The van der Waals surface area contributed by atoms with Gasteiger partial charge in [0.2, 0.25) is 0 Å². The second-order valence-corrected chi connectivity index (χ2v) is 6.67. The van der Waals surface area contributed by atoms with Crippen LogP contribution < -0.4 is 0 Å². The molecule has 0 amide bonds. The van der Waals surface area contributed by atoms with Gasteiger partial charge in [-0.2, -0.15) is 0 Å². The zero-order valence-corrected chi connectivity index (χ0v) is 14.4. The molecule has 1 heteroatoms. The number of unbranched alkanes of at least 4 members (excludes halogenated alkanes) is 1. The van der Waals surface area contributed by atoms with Gasteiger partial charge in [0, 0.05) is 6.61 Å². The van der Waals surface area contributed by atoms with Crippen molar-refractivity contribution >= 4 is 0 Å². The molecule has 22 heavy (non-hydrogen) atoms. The zero-order valence-electron chi connectivity index (χ0n) is 14.4. The van der Waals surface area contributed by atoms with E-state index < -0.39 is 0 Å². The Hall–Kier alpha value is -1.08. The summed E-state index contributed by atoms with van der Waals surface area (Å²) in [4.78, 5) is 0. The lowest BCUT2D eigenvalue weighted by molar-refractivity contribution is 0.118. The average molecular weight is 300 g/mol. The highest BCUT2D eigenvalue weighted by Gasteiger charge is 2.21. The van der Waals surface area contributed by atoms with Crippen molar-refractivity contribution in [2.75, 3.05) is 6.61 Å². The van der Waals surface area contributed by atoms with E-state index >= 15 is 0 Å². The fourth-order valence-corrected chi connectivity index (χ4v) is 3.38. The summed E-state index contributed by atoms with van der Waals surface area (Å²) in [6, 6.07) is 9.17. The first-order valence-corrected chi connectivity index (χ1v) is 9.11. The molecule has 0 heterocycles. The topological polar surface area (TPSA) is 9.23 Å². The van der Waals surface area contributed by atoms with Crippen LogP contribution >= 0.6 is 0 Å². The molecule has 0 bridgehead atoms.